The second-order valence-electron chi connectivity index (χ2n) is 10.1. The Kier molecular flexibility index (Phi) is 7.61. The number of nitrogens with zero attached hydrogens (tertiary/aromatic N) is 2. The molecule has 2 aliphatic rings. The summed E-state index contributed by atoms with van der Waals surface area (Å²) in [7, 11) is 0. The highest BCUT2D eigenvalue weighted by atomic mass is 79.9. The summed E-state index contributed by atoms with van der Waals surface area (Å²) in [5.74, 6) is 2.07. The summed E-state index contributed by atoms with van der Waals surface area (Å²) in [6.45, 7) is 3.38. The van der Waals surface area contributed by atoms with Gasteiger partial charge in [0.15, 0.2) is 0 Å². The minimum absolute atomic E-state index is 0. The Balaban J connectivity index is 0.00000274. The number of carbonyl (C=O) groups is 1. The van der Waals surface area contributed by atoms with Crippen LogP contribution in [0.3, 0.4) is 0 Å². The van der Waals surface area contributed by atoms with Crippen molar-refractivity contribution in [3.8, 4) is 0 Å². The number of aromatic nitrogens is 2. The number of carbonyl (C=O) groups excluding carboxylic acids is 1. The molecule has 1 heterocycles. The number of rotatable bonds is 7. The van der Waals surface area contributed by atoms with Crippen molar-refractivity contribution >= 4 is 5.91 Å². The van der Waals surface area contributed by atoms with Crippen molar-refractivity contribution in [1.82, 2.24) is 4.57 Å². The number of hydrogen-bond donors (Lipinski definition) is 1. The van der Waals surface area contributed by atoms with Crippen LogP contribution in [0.2, 0.25) is 0 Å². The van der Waals surface area contributed by atoms with Crippen LogP contribution >= 0.6 is 0 Å². The Morgan fingerprint density at radius 2 is 1.56 bits per heavy atom. The number of nitrogens with two attached hydrogens (primary N) is 1. The molecule has 2 aromatic carbocycles. The van der Waals surface area contributed by atoms with Gasteiger partial charge in [-0.1, -0.05) is 73.5 Å². The van der Waals surface area contributed by atoms with Gasteiger partial charge in [-0.3, -0.25) is 4.79 Å². The number of amides is 1. The second kappa shape index (κ2) is 10.5. The summed E-state index contributed by atoms with van der Waals surface area (Å²) in [5.41, 5.74) is 7.49. The van der Waals surface area contributed by atoms with E-state index in [0.717, 1.165) is 42.9 Å². The molecular weight excluding hydrogens is 486 g/mol. The minimum Gasteiger partial charge on any atom is -1.00 e. The van der Waals surface area contributed by atoms with Gasteiger partial charge in [0.2, 0.25) is 5.91 Å². The summed E-state index contributed by atoms with van der Waals surface area (Å²) < 4.78 is 4.90. The van der Waals surface area contributed by atoms with Gasteiger partial charge in [-0.05, 0) is 55.1 Å². The maximum absolute atomic E-state index is 13.3. The highest BCUT2D eigenvalue weighted by Crippen LogP contribution is 2.50. The van der Waals surface area contributed by atoms with E-state index in [4.69, 9.17) is 5.73 Å². The fraction of sp³-hybridized carbons (Fsp3) is 0.448. The molecule has 5 rings (SSSR count). The normalized spacial score (nSPS) is 20.9. The van der Waals surface area contributed by atoms with Crippen LogP contribution in [0.25, 0.3) is 0 Å². The summed E-state index contributed by atoms with van der Waals surface area (Å²) in [5, 5.41) is 0. The zero-order valence-electron chi connectivity index (χ0n) is 20.1. The summed E-state index contributed by atoms with van der Waals surface area (Å²) in [4.78, 5) is 13.3. The predicted molar refractivity (Wildman–Crippen MR) is 131 cm³/mol. The van der Waals surface area contributed by atoms with Crippen LogP contribution < -0.4 is 27.3 Å². The Morgan fingerprint density at radius 3 is 2.12 bits per heavy atom. The molecule has 1 aromatic heterocycles. The number of imidazole rings is 1. The van der Waals surface area contributed by atoms with Crippen LogP contribution in [0, 0.1) is 18.8 Å². The molecule has 5 heteroatoms. The van der Waals surface area contributed by atoms with Gasteiger partial charge in [-0.2, -0.15) is 0 Å². The average Bonchev–Trinajstić information content (AvgIpc) is 3.59. The number of hydrogen-bond acceptors (Lipinski definition) is 1. The summed E-state index contributed by atoms with van der Waals surface area (Å²) >= 11 is 0. The van der Waals surface area contributed by atoms with E-state index in [1.807, 2.05) is 36.4 Å². The lowest BCUT2D eigenvalue weighted by Crippen LogP contribution is -3.00. The third kappa shape index (κ3) is 4.35. The third-order valence-corrected chi connectivity index (χ3v) is 8.38. The minimum atomic E-state index is -0.807. The van der Waals surface area contributed by atoms with Gasteiger partial charge < -0.3 is 22.7 Å². The van der Waals surface area contributed by atoms with Gasteiger partial charge in [-0.15, -0.1) is 0 Å². The predicted octanol–water partition coefficient (Wildman–Crippen LogP) is 2.09. The van der Waals surface area contributed by atoms with Crippen LogP contribution in [0.4, 0.5) is 0 Å². The lowest BCUT2D eigenvalue weighted by Gasteiger charge is -2.37. The topological polar surface area (TPSA) is 51.9 Å². The Labute approximate surface area is 214 Å². The standard InChI is InChI=1S/C29H35N3O.BrH/c1-22-31(21-23-10-8-9-11-23)18-19-32(22)27-17-16-26(20-27)29(28(30)33,24-12-4-2-5-13-24)25-14-6-3-7-15-25;/h2-7,12-15,18-19,23,26-27H,8-11,16-17,20-21H2,1H3,(H-,30,33);1H/t26-,27-;/m1./s1. The zero-order valence-corrected chi connectivity index (χ0v) is 21.7. The number of halogens is 1. The molecule has 0 spiro atoms. The first-order valence-electron chi connectivity index (χ1n) is 12.6. The molecule has 2 aliphatic carbocycles. The van der Waals surface area contributed by atoms with Crippen molar-refractivity contribution in [3.05, 3.63) is 90.0 Å². The first-order valence-corrected chi connectivity index (χ1v) is 12.6. The average molecular weight is 523 g/mol. The first kappa shape index (κ1) is 24.7. The lowest BCUT2D eigenvalue weighted by atomic mass is 9.64. The van der Waals surface area contributed by atoms with Gasteiger partial charge in [-0.25, -0.2) is 9.13 Å². The van der Waals surface area contributed by atoms with E-state index >= 15 is 0 Å². The van der Waals surface area contributed by atoms with Gasteiger partial charge in [0, 0.05) is 6.92 Å². The largest absolute Gasteiger partial charge is 1.00 e. The summed E-state index contributed by atoms with van der Waals surface area (Å²) in [6.07, 6.45) is 13.0. The van der Waals surface area contributed by atoms with Crippen LogP contribution in [0.1, 0.15) is 67.9 Å². The van der Waals surface area contributed by atoms with Crippen molar-refractivity contribution in [2.24, 2.45) is 17.6 Å². The molecule has 2 fully saturated rings. The van der Waals surface area contributed by atoms with Gasteiger partial charge in [0.25, 0.3) is 5.82 Å². The fourth-order valence-electron chi connectivity index (χ4n) is 6.70. The highest BCUT2D eigenvalue weighted by molar-refractivity contribution is 5.91. The van der Waals surface area contributed by atoms with E-state index in [9.17, 15) is 4.79 Å². The van der Waals surface area contributed by atoms with E-state index in [1.165, 1.54) is 31.5 Å². The molecule has 0 saturated heterocycles. The van der Waals surface area contributed by atoms with Gasteiger partial charge >= 0.3 is 0 Å². The Bertz CT molecular complexity index is 1050. The third-order valence-electron chi connectivity index (χ3n) is 8.38. The molecule has 180 valence electrons. The van der Waals surface area contributed by atoms with Crippen LogP contribution in [0.5, 0.6) is 0 Å². The van der Waals surface area contributed by atoms with Crippen molar-refractivity contribution in [3.63, 3.8) is 0 Å². The van der Waals surface area contributed by atoms with E-state index in [0.29, 0.717) is 6.04 Å². The van der Waals surface area contributed by atoms with Crippen molar-refractivity contribution in [2.45, 2.75) is 69.9 Å². The number of benzene rings is 2. The highest BCUT2D eigenvalue weighted by Gasteiger charge is 2.51. The molecule has 2 atom stereocenters. The second-order valence-corrected chi connectivity index (χ2v) is 10.1. The molecule has 0 unspecified atom stereocenters. The van der Waals surface area contributed by atoms with Gasteiger partial charge in [0.05, 0.1) is 6.54 Å². The maximum atomic E-state index is 13.3. The van der Waals surface area contributed by atoms with Gasteiger partial charge in [0.1, 0.15) is 23.9 Å². The van der Waals surface area contributed by atoms with Crippen LogP contribution in [-0.4, -0.2) is 10.5 Å². The smallest absolute Gasteiger partial charge is 0.253 e. The maximum Gasteiger partial charge on any atom is 0.253 e. The molecule has 34 heavy (non-hydrogen) atoms. The van der Waals surface area contributed by atoms with E-state index in [2.05, 4.69) is 52.7 Å². The molecule has 0 radical (unpaired) electrons. The molecular formula is C29H36BrN3O. The first-order chi connectivity index (χ1) is 16.1. The van der Waals surface area contributed by atoms with Crippen molar-refractivity contribution in [1.29, 1.82) is 0 Å². The summed E-state index contributed by atoms with van der Waals surface area (Å²) in [6, 6.07) is 20.8. The molecule has 4 nitrogen and oxygen atoms in total. The molecule has 2 saturated carbocycles. The molecule has 0 aliphatic heterocycles. The number of primary amides is 1. The van der Waals surface area contributed by atoms with E-state index in [-0.39, 0.29) is 28.8 Å². The monoisotopic (exact) mass is 521 g/mol. The fourth-order valence-corrected chi connectivity index (χ4v) is 6.70. The zero-order chi connectivity index (χ0) is 22.8. The SMILES string of the molecule is Cc1n([C@@H]2CC[C@@H](C(C(N)=O)(c3ccccc3)c3ccccc3)C2)cc[n+]1CC1CCCC1.[Br-]. The lowest BCUT2D eigenvalue weighted by molar-refractivity contribution is -0.708. The van der Waals surface area contributed by atoms with E-state index < -0.39 is 5.41 Å². The van der Waals surface area contributed by atoms with Crippen molar-refractivity contribution < 1.29 is 26.3 Å². The Hall–Kier alpha value is -2.40. The van der Waals surface area contributed by atoms with Crippen molar-refractivity contribution in [2.75, 3.05) is 0 Å². The quantitative estimate of drug-likeness (QED) is 0.475. The molecule has 3 aromatic rings. The molecule has 0 bridgehead atoms. The van der Waals surface area contributed by atoms with E-state index in [1.54, 1.807) is 0 Å². The molecule has 2 N–H and O–H groups in total. The Morgan fingerprint density at radius 1 is 0.971 bits per heavy atom. The molecule has 1 amide bonds. The van der Waals surface area contributed by atoms with Crippen LogP contribution in [0.15, 0.2) is 73.1 Å². The van der Waals surface area contributed by atoms with Crippen LogP contribution in [-0.2, 0) is 16.8 Å².